The van der Waals surface area contributed by atoms with Crippen molar-refractivity contribution in [1.82, 2.24) is 0 Å². The molecule has 49 heavy (non-hydrogen) atoms. The number of hydrogen-bond acceptors (Lipinski definition) is 11. The van der Waals surface area contributed by atoms with Gasteiger partial charge < -0.3 is 38.8 Å². The fourth-order valence-corrected chi connectivity index (χ4v) is 6.57. The fourth-order valence-electron chi connectivity index (χ4n) is 6.30. The van der Waals surface area contributed by atoms with Gasteiger partial charge in [0.15, 0.2) is 17.3 Å². The lowest BCUT2D eigenvalue weighted by Crippen LogP contribution is -2.53. The molecular weight excluding hydrogens is 658 g/mol. The number of rotatable bonds is 11. The molecule has 0 radical (unpaired) electrons. The smallest absolute Gasteiger partial charge is 0.306 e. The SMILES string of the molecule is COC(=O)CC(C1=C(O)[C@@]2(Oc3c(Cl)c(OC)cc(OC)c3C2=O)[C@H](C)CC1=O)c1ccc(OC)c(COc2ccc(NC(C)=O)cc2)c1. The first-order valence-corrected chi connectivity index (χ1v) is 15.7. The largest absolute Gasteiger partial charge is 0.507 e. The second-order valence-corrected chi connectivity index (χ2v) is 12.0. The van der Waals surface area contributed by atoms with E-state index in [9.17, 15) is 24.3 Å². The molecule has 1 aliphatic carbocycles. The first kappa shape index (κ1) is 35.1. The van der Waals surface area contributed by atoms with Crippen molar-refractivity contribution in [3.8, 4) is 28.7 Å². The average molecular weight is 694 g/mol. The fraction of sp³-hybridized carbons (Fsp3) is 0.333. The molecule has 1 spiro atoms. The Kier molecular flexibility index (Phi) is 10.1. The maximum atomic E-state index is 14.3. The first-order valence-electron chi connectivity index (χ1n) is 15.3. The number of benzene rings is 3. The van der Waals surface area contributed by atoms with Crippen molar-refractivity contribution in [2.24, 2.45) is 5.92 Å². The van der Waals surface area contributed by atoms with Crippen molar-refractivity contribution < 1.29 is 52.7 Å². The van der Waals surface area contributed by atoms with Crippen LogP contribution >= 0.6 is 11.6 Å². The molecule has 3 aromatic rings. The Labute approximate surface area is 287 Å². The number of esters is 1. The van der Waals surface area contributed by atoms with Crippen molar-refractivity contribution in [1.29, 1.82) is 0 Å². The number of halogens is 1. The summed E-state index contributed by atoms with van der Waals surface area (Å²) in [5.74, 6) is -3.26. The minimum atomic E-state index is -2.04. The van der Waals surface area contributed by atoms with Gasteiger partial charge in [-0.15, -0.1) is 0 Å². The van der Waals surface area contributed by atoms with Crippen LogP contribution in [-0.2, 0) is 25.7 Å². The lowest BCUT2D eigenvalue weighted by atomic mass is 9.69. The topological polar surface area (TPSA) is 156 Å². The highest BCUT2D eigenvalue weighted by Gasteiger charge is 2.61. The van der Waals surface area contributed by atoms with Gasteiger partial charge in [-0.25, -0.2) is 0 Å². The van der Waals surface area contributed by atoms with Crippen molar-refractivity contribution in [2.45, 2.75) is 44.8 Å². The normalized spacial score (nSPS) is 18.8. The molecule has 0 saturated heterocycles. The number of ether oxygens (including phenoxy) is 6. The van der Waals surface area contributed by atoms with Gasteiger partial charge in [0.05, 0.1) is 34.9 Å². The molecular formula is C36H36ClNO11. The van der Waals surface area contributed by atoms with Gasteiger partial charge in [0.2, 0.25) is 17.3 Å². The van der Waals surface area contributed by atoms with E-state index in [0.717, 1.165) is 0 Å². The third kappa shape index (κ3) is 6.35. The summed E-state index contributed by atoms with van der Waals surface area (Å²) < 4.78 is 33.6. The van der Waals surface area contributed by atoms with E-state index < -0.39 is 40.7 Å². The van der Waals surface area contributed by atoms with E-state index in [2.05, 4.69) is 5.32 Å². The van der Waals surface area contributed by atoms with E-state index in [1.165, 1.54) is 41.4 Å². The Hall–Kier alpha value is -5.23. The molecule has 0 aromatic heterocycles. The maximum Gasteiger partial charge on any atom is 0.306 e. The van der Waals surface area contributed by atoms with Crippen molar-refractivity contribution >= 4 is 40.7 Å². The van der Waals surface area contributed by atoms with E-state index in [4.69, 9.17) is 40.0 Å². The molecule has 1 unspecified atom stereocenters. The molecule has 1 aliphatic heterocycles. The molecule has 258 valence electrons. The number of hydrogen-bond donors (Lipinski definition) is 2. The molecule has 1 amide bonds. The van der Waals surface area contributed by atoms with Crippen LogP contribution in [0, 0.1) is 5.92 Å². The summed E-state index contributed by atoms with van der Waals surface area (Å²) in [6, 6.07) is 13.2. The van der Waals surface area contributed by atoms with Crippen LogP contribution < -0.4 is 29.0 Å². The number of ketones is 2. The number of methoxy groups -OCH3 is 4. The van der Waals surface area contributed by atoms with Gasteiger partial charge in [0.25, 0.3) is 0 Å². The predicted molar refractivity (Wildman–Crippen MR) is 178 cm³/mol. The van der Waals surface area contributed by atoms with Crippen LogP contribution in [0.25, 0.3) is 0 Å². The second kappa shape index (κ2) is 14.1. The summed E-state index contributed by atoms with van der Waals surface area (Å²) in [4.78, 5) is 52.3. The molecule has 3 atom stereocenters. The van der Waals surface area contributed by atoms with Crippen molar-refractivity contribution in [3.05, 3.63) is 81.6 Å². The van der Waals surface area contributed by atoms with Gasteiger partial charge in [0, 0.05) is 48.1 Å². The number of amides is 1. The number of carbonyl (C=O) groups is 4. The molecule has 13 heteroatoms. The van der Waals surface area contributed by atoms with E-state index in [1.807, 2.05) is 0 Å². The van der Waals surface area contributed by atoms with Crippen LogP contribution in [0.1, 0.15) is 54.1 Å². The molecule has 0 fully saturated rings. The minimum absolute atomic E-state index is 0.00101. The molecule has 5 rings (SSSR count). The number of nitrogens with one attached hydrogen (secondary N) is 1. The summed E-state index contributed by atoms with van der Waals surface area (Å²) >= 11 is 6.58. The summed E-state index contributed by atoms with van der Waals surface area (Å²) in [7, 11) is 5.47. The third-order valence-electron chi connectivity index (χ3n) is 8.73. The van der Waals surface area contributed by atoms with Gasteiger partial charge in [0.1, 0.15) is 40.2 Å². The molecule has 2 aliphatic rings. The summed E-state index contributed by atoms with van der Waals surface area (Å²) in [5.41, 5.74) is -0.584. The number of fused-ring (bicyclic) bond motifs is 1. The van der Waals surface area contributed by atoms with Crippen molar-refractivity contribution in [2.75, 3.05) is 33.8 Å². The Bertz CT molecular complexity index is 1850. The Morgan fingerprint density at radius 1 is 1.00 bits per heavy atom. The number of aliphatic hydroxyl groups is 1. The first-order chi connectivity index (χ1) is 23.4. The molecule has 0 bridgehead atoms. The summed E-state index contributed by atoms with van der Waals surface area (Å²) in [6.45, 7) is 3.06. The highest BCUT2D eigenvalue weighted by Crippen LogP contribution is 2.56. The lowest BCUT2D eigenvalue weighted by Gasteiger charge is -2.38. The zero-order valence-corrected chi connectivity index (χ0v) is 28.6. The number of carbonyl (C=O) groups excluding carboxylic acids is 4. The van der Waals surface area contributed by atoms with E-state index in [0.29, 0.717) is 28.3 Å². The van der Waals surface area contributed by atoms with Gasteiger partial charge in [-0.2, -0.15) is 0 Å². The van der Waals surface area contributed by atoms with E-state index >= 15 is 0 Å². The van der Waals surface area contributed by atoms with E-state index in [-0.39, 0.29) is 58.8 Å². The molecule has 2 N–H and O–H groups in total. The van der Waals surface area contributed by atoms with Crippen LogP contribution in [-0.4, -0.2) is 62.6 Å². The van der Waals surface area contributed by atoms with Crippen LogP contribution in [0.3, 0.4) is 0 Å². The van der Waals surface area contributed by atoms with Crippen LogP contribution in [0.5, 0.6) is 28.7 Å². The summed E-state index contributed by atoms with van der Waals surface area (Å²) in [6.07, 6.45) is -0.531. The van der Waals surface area contributed by atoms with Crippen LogP contribution in [0.2, 0.25) is 5.02 Å². The summed E-state index contributed by atoms with van der Waals surface area (Å²) in [5, 5.41) is 14.8. The van der Waals surface area contributed by atoms with Crippen molar-refractivity contribution in [3.63, 3.8) is 0 Å². The zero-order chi connectivity index (χ0) is 35.6. The Morgan fingerprint density at radius 3 is 2.29 bits per heavy atom. The standard InChI is InChI=1S/C36H36ClNO11/c1-18-13-25(40)30(34(42)36(18)35(43)31-27(45-4)16-28(46-5)32(37)33(31)49-36)24(15-29(41)47-6)20-7-12-26(44-3)21(14-20)17-48-23-10-8-22(9-11-23)38-19(2)39/h7-12,14,16,18,24,42H,13,15,17H2,1-6H3,(H,38,39)/t18-,24?,36+/m1/s1. The number of allylic oxidation sites excluding steroid dienone is 1. The second-order valence-electron chi connectivity index (χ2n) is 11.7. The van der Waals surface area contributed by atoms with Gasteiger partial charge in [-0.05, 0) is 42.0 Å². The van der Waals surface area contributed by atoms with Gasteiger partial charge in [-0.1, -0.05) is 24.6 Å². The maximum absolute atomic E-state index is 14.3. The van der Waals surface area contributed by atoms with Crippen LogP contribution in [0.4, 0.5) is 5.69 Å². The highest BCUT2D eigenvalue weighted by atomic mass is 35.5. The molecule has 1 heterocycles. The van der Waals surface area contributed by atoms with Gasteiger partial charge in [-0.3, -0.25) is 19.2 Å². The quantitative estimate of drug-likeness (QED) is 0.228. The highest BCUT2D eigenvalue weighted by molar-refractivity contribution is 6.35. The minimum Gasteiger partial charge on any atom is -0.507 e. The van der Waals surface area contributed by atoms with Crippen LogP contribution in [0.15, 0.2) is 59.9 Å². The third-order valence-corrected chi connectivity index (χ3v) is 9.09. The molecule has 12 nitrogen and oxygen atoms in total. The molecule has 0 saturated carbocycles. The number of Topliss-reactive ketones (excluding diaryl/α,β-unsaturated/α-hetero) is 2. The lowest BCUT2D eigenvalue weighted by molar-refractivity contribution is -0.141. The number of aliphatic hydroxyl groups excluding tert-OH is 1. The Morgan fingerprint density at radius 2 is 1.67 bits per heavy atom. The molecule has 3 aromatic carbocycles. The van der Waals surface area contributed by atoms with E-state index in [1.54, 1.807) is 49.4 Å². The average Bonchev–Trinajstić information content (AvgIpc) is 3.40. The monoisotopic (exact) mass is 693 g/mol. The predicted octanol–water partition coefficient (Wildman–Crippen LogP) is 5.99. The zero-order valence-electron chi connectivity index (χ0n) is 27.8. The van der Waals surface area contributed by atoms with Gasteiger partial charge >= 0.3 is 5.97 Å². The number of anilines is 1. The Balaban J connectivity index is 1.59.